The van der Waals surface area contributed by atoms with Crippen molar-refractivity contribution in [1.82, 2.24) is 18.5 Å². The fourth-order valence-corrected chi connectivity index (χ4v) is 0.548. The summed E-state index contributed by atoms with van der Waals surface area (Å²) in [7, 11) is -4.76. The number of aliphatic carboxylic acids is 1. The Kier molecular flexibility index (Phi) is 21.1. The Morgan fingerprint density at radius 2 is 1.50 bits per heavy atom. The Balaban J connectivity index is -0.0000000675. The van der Waals surface area contributed by atoms with Crippen LogP contribution < -0.4 is 18.5 Å². The van der Waals surface area contributed by atoms with Crippen LogP contribution >= 0.6 is 7.82 Å². The van der Waals surface area contributed by atoms with Crippen LogP contribution in [0.15, 0.2) is 12.3 Å². The molecule has 0 saturated carbocycles. The Labute approximate surface area is 79.9 Å². The van der Waals surface area contributed by atoms with Crippen molar-refractivity contribution in [3.05, 3.63) is 12.3 Å². The summed E-state index contributed by atoms with van der Waals surface area (Å²) in [5.41, 5.74) is 0. The lowest BCUT2D eigenvalue weighted by Gasteiger charge is -2.03. The molecule has 0 aliphatic rings. The van der Waals surface area contributed by atoms with Crippen LogP contribution in [0.25, 0.3) is 0 Å². The van der Waals surface area contributed by atoms with E-state index in [1.54, 1.807) is 0 Å². The summed E-state index contributed by atoms with van der Waals surface area (Å²) in [5, 5.41) is 7.98. The van der Waals surface area contributed by atoms with Crippen molar-refractivity contribution in [2.45, 2.75) is 0 Å². The smallest absolute Gasteiger partial charge is 0.475 e. The standard InChI is InChI=1S/C3H5O6P.3H3N.H2O/c1-2(3(4)5)9-10(6,7)8;;;;/h1H2,(H,4,5)(H2,6,7,8);3*1H3;1H2. The van der Waals surface area contributed by atoms with Gasteiger partial charge in [-0.3, -0.25) is 9.79 Å². The Bertz CT molecular complexity index is 212. The van der Waals surface area contributed by atoms with E-state index in [0.29, 0.717) is 0 Å². The predicted molar refractivity (Wildman–Crippen MR) is 48.6 cm³/mol. The first-order chi connectivity index (χ1) is 4.33. The van der Waals surface area contributed by atoms with Gasteiger partial charge >= 0.3 is 13.8 Å². The van der Waals surface area contributed by atoms with Crippen molar-refractivity contribution in [3.8, 4) is 0 Å². The van der Waals surface area contributed by atoms with Crippen molar-refractivity contribution in [3.63, 3.8) is 0 Å². The summed E-state index contributed by atoms with van der Waals surface area (Å²) >= 11 is 0. The maximum absolute atomic E-state index is 9.89. The normalized spacial score (nSPS) is 7.57. The summed E-state index contributed by atoms with van der Waals surface area (Å²) < 4.78 is 13.5. The molecule has 0 aromatic heterocycles. The van der Waals surface area contributed by atoms with Gasteiger partial charge in [-0.2, -0.15) is 0 Å². The largest absolute Gasteiger partial charge is 0.525 e. The molecule has 0 heterocycles. The van der Waals surface area contributed by atoms with Gasteiger partial charge in [0.25, 0.3) is 0 Å². The number of phosphoric ester groups is 1. The Hall–Kier alpha value is -1.00. The first-order valence-electron chi connectivity index (χ1n) is 2.00. The SMILES string of the molecule is C=C(OP(=O)(O)O)C(=O)O.N.N.N.O. The van der Waals surface area contributed by atoms with Gasteiger partial charge < -0.3 is 33.6 Å². The van der Waals surface area contributed by atoms with Crippen molar-refractivity contribution in [2.24, 2.45) is 0 Å². The fourth-order valence-electron chi connectivity index (χ4n) is 0.183. The number of phosphoric acid groups is 1. The van der Waals surface area contributed by atoms with E-state index in [-0.39, 0.29) is 23.9 Å². The molecule has 0 aromatic rings. The molecule has 14 N–H and O–H groups in total. The molecule has 0 aliphatic carbocycles. The third-order valence-corrected chi connectivity index (χ3v) is 0.926. The first-order valence-corrected chi connectivity index (χ1v) is 3.53. The lowest BCUT2D eigenvalue weighted by molar-refractivity contribution is -0.135. The Morgan fingerprint density at radius 1 is 1.21 bits per heavy atom. The molecule has 0 radical (unpaired) electrons. The molecular weight excluding hydrogens is 221 g/mol. The molecule has 0 spiro atoms. The second-order valence-electron chi connectivity index (χ2n) is 1.31. The van der Waals surface area contributed by atoms with Crippen LogP contribution in [-0.2, 0) is 13.9 Å². The predicted octanol–water partition coefficient (Wildman–Crippen LogP) is -0.645. The molecule has 0 bridgehead atoms. The van der Waals surface area contributed by atoms with Crippen LogP contribution in [0.5, 0.6) is 0 Å². The van der Waals surface area contributed by atoms with Gasteiger partial charge in [-0.05, 0) is 6.58 Å². The van der Waals surface area contributed by atoms with Crippen molar-refractivity contribution >= 4 is 13.8 Å². The summed E-state index contributed by atoms with van der Waals surface area (Å²) in [5.74, 6) is -2.59. The van der Waals surface area contributed by atoms with Crippen LogP contribution in [-0.4, -0.2) is 26.3 Å². The van der Waals surface area contributed by atoms with E-state index in [0.717, 1.165) is 0 Å². The minimum Gasteiger partial charge on any atom is -0.475 e. The second kappa shape index (κ2) is 10.1. The van der Waals surface area contributed by atoms with E-state index in [2.05, 4.69) is 11.1 Å². The van der Waals surface area contributed by atoms with Crippen molar-refractivity contribution < 1.29 is 34.3 Å². The molecule has 14 heavy (non-hydrogen) atoms. The van der Waals surface area contributed by atoms with Crippen molar-refractivity contribution in [2.75, 3.05) is 0 Å². The van der Waals surface area contributed by atoms with E-state index in [4.69, 9.17) is 14.9 Å². The topological polar surface area (TPSA) is 241 Å². The molecule has 11 heteroatoms. The number of carbonyl (C=O) groups is 1. The third-order valence-electron chi connectivity index (χ3n) is 0.468. The average Bonchev–Trinajstić information content (AvgIpc) is 1.60. The molecule has 90 valence electrons. The minimum absolute atomic E-state index is 0. The van der Waals surface area contributed by atoms with Gasteiger partial charge in [0.2, 0.25) is 5.76 Å². The van der Waals surface area contributed by atoms with Crippen LogP contribution in [0.2, 0.25) is 0 Å². The molecular formula is C3H16N3O7P. The highest BCUT2D eigenvalue weighted by molar-refractivity contribution is 7.46. The molecule has 0 rings (SSSR count). The number of rotatable bonds is 3. The number of carboxylic acids is 1. The monoisotopic (exact) mass is 237 g/mol. The average molecular weight is 237 g/mol. The molecule has 0 unspecified atom stereocenters. The van der Waals surface area contributed by atoms with E-state index in [9.17, 15) is 9.36 Å². The molecule has 10 nitrogen and oxygen atoms in total. The van der Waals surface area contributed by atoms with Gasteiger partial charge in [-0.15, -0.1) is 0 Å². The maximum atomic E-state index is 9.89. The van der Waals surface area contributed by atoms with Gasteiger partial charge in [-0.1, -0.05) is 0 Å². The van der Waals surface area contributed by atoms with E-state index >= 15 is 0 Å². The zero-order valence-electron chi connectivity index (χ0n) is 7.34. The zero-order valence-corrected chi connectivity index (χ0v) is 8.24. The van der Waals surface area contributed by atoms with Crippen molar-refractivity contribution in [1.29, 1.82) is 0 Å². The maximum Gasteiger partial charge on any atom is 0.525 e. The fraction of sp³-hybridized carbons (Fsp3) is 0. The highest BCUT2D eigenvalue weighted by atomic mass is 31.2. The van der Waals surface area contributed by atoms with Gasteiger partial charge in [0, 0.05) is 0 Å². The van der Waals surface area contributed by atoms with Crippen LogP contribution in [0.4, 0.5) is 0 Å². The molecule has 0 fully saturated rings. The number of hydrogen-bond acceptors (Lipinski definition) is 6. The highest BCUT2D eigenvalue weighted by Crippen LogP contribution is 2.38. The molecule has 0 saturated heterocycles. The number of hydrogen-bond donors (Lipinski definition) is 6. The lowest BCUT2D eigenvalue weighted by atomic mass is 10.6. The third kappa shape index (κ3) is 17.2. The van der Waals surface area contributed by atoms with Gasteiger partial charge in [-0.25, -0.2) is 9.36 Å². The lowest BCUT2D eigenvalue weighted by Crippen LogP contribution is -2.01. The molecule has 0 aliphatic heterocycles. The molecule has 0 atom stereocenters. The van der Waals surface area contributed by atoms with Gasteiger partial charge in [0.05, 0.1) is 0 Å². The van der Waals surface area contributed by atoms with E-state index in [1.165, 1.54) is 0 Å². The van der Waals surface area contributed by atoms with Crippen LogP contribution in [0.3, 0.4) is 0 Å². The van der Waals surface area contributed by atoms with Gasteiger partial charge in [0.1, 0.15) is 0 Å². The summed E-state index contributed by atoms with van der Waals surface area (Å²) in [6.07, 6.45) is 0. The first kappa shape index (κ1) is 29.2. The number of carboxylic acid groups (broad SMARTS) is 1. The summed E-state index contributed by atoms with van der Waals surface area (Å²) in [6.45, 7) is 2.73. The van der Waals surface area contributed by atoms with Crippen LogP contribution in [0, 0.1) is 0 Å². The van der Waals surface area contributed by atoms with E-state index in [1.807, 2.05) is 0 Å². The highest BCUT2D eigenvalue weighted by Gasteiger charge is 2.19. The molecule has 0 amide bonds. The summed E-state index contributed by atoms with van der Waals surface area (Å²) in [4.78, 5) is 25.8. The van der Waals surface area contributed by atoms with Crippen LogP contribution in [0.1, 0.15) is 0 Å². The van der Waals surface area contributed by atoms with E-state index < -0.39 is 19.6 Å². The second-order valence-corrected chi connectivity index (χ2v) is 2.47. The Morgan fingerprint density at radius 3 is 1.57 bits per heavy atom. The molecule has 0 aromatic carbocycles. The quantitative estimate of drug-likeness (QED) is 0.207. The summed E-state index contributed by atoms with van der Waals surface area (Å²) in [6, 6.07) is 0. The van der Waals surface area contributed by atoms with Gasteiger partial charge in [0.15, 0.2) is 0 Å². The minimum atomic E-state index is -4.76. The zero-order chi connectivity index (χ0) is 8.36.